The zero-order valence-electron chi connectivity index (χ0n) is 6.21. The van der Waals surface area contributed by atoms with E-state index in [1.807, 2.05) is 23.5 Å². The van der Waals surface area contributed by atoms with Crippen molar-refractivity contribution in [1.82, 2.24) is 4.40 Å². The molecule has 0 aliphatic heterocycles. The van der Waals surface area contributed by atoms with Crippen molar-refractivity contribution < 1.29 is 4.39 Å². The molecule has 56 valence electrons. The second-order valence-corrected chi connectivity index (χ2v) is 2.61. The Balaban J connectivity index is 2.86. The van der Waals surface area contributed by atoms with Crippen LogP contribution in [-0.4, -0.2) is 4.40 Å². The molecular formula is C9H8FN. The Morgan fingerprint density at radius 2 is 2.09 bits per heavy atom. The molecule has 0 fully saturated rings. The maximum absolute atomic E-state index is 12.6. The third-order valence-corrected chi connectivity index (χ3v) is 1.82. The highest BCUT2D eigenvalue weighted by Crippen LogP contribution is 2.10. The molecule has 0 aromatic carbocycles. The molecule has 11 heavy (non-hydrogen) atoms. The molecule has 0 amide bonds. The molecule has 2 aromatic heterocycles. The van der Waals surface area contributed by atoms with Crippen LogP contribution in [0.1, 0.15) is 5.69 Å². The average Bonchev–Trinajstić information content (AvgIpc) is 2.32. The van der Waals surface area contributed by atoms with Crippen LogP contribution < -0.4 is 0 Å². The molecule has 0 N–H and O–H groups in total. The summed E-state index contributed by atoms with van der Waals surface area (Å²) in [6, 6.07) is 6.85. The molecule has 2 aromatic rings. The molecule has 0 aliphatic carbocycles. The molecule has 0 spiro atoms. The second-order valence-electron chi connectivity index (χ2n) is 2.61. The van der Waals surface area contributed by atoms with Crippen LogP contribution in [0.3, 0.4) is 0 Å². The summed E-state index contributed by atoms with van der Waals surface area (Å²) in [5.74, 6) is -0.185. The topological polar surface area (TPSA) is 4.41 Å². The van der Waals surface area contributed by atoms with Crippen LogP contribution in [-0.2, 0) is 0 Å². The number of hydrogen-bond donors (Lipinski definition) is 0. The van der Waals surface area contributed by atoms with Gasteiger partial charge in [0, 0.05) is 17.4 Å². The number of hydrogen-bond acceptors (Lipinski definition) is 0. The number of nitrogens with zero attached hydrogens (tertiary/aromatic N) is 1. The van der Waals surface area contributed by atoms with Crippen molar-refractivity contribution in [3.05, 3.63) is 42.0 Å². The lowest BCUT2D eigenvalue weighted by molar-refractivity contribution is 0.626. The first-order chi connectivity index (χ1) is 5.27. The number of aromatic nitrogens is 1. The van der Waals surface area contributed by atoms with Crippen LogP contribution in [0.4, 0.5) is 4.39 Å². The number of fused-ring (bicyclic) bond motifs is 1. The minimum atomic E-state index is -0.185. The third-order valence-electron chi connectivity index (χ3n) is 1.82. The van der Waals surface area contributed by atoms with E-state index in [9.17, 15) is 4.39 Å². The van der Waals surface area contributed by atoms with Gasteiger partial charge in [-0.15, -0.1) is 0 Å². The molecule has 0 aliphatic rings. The molecule has 2 heterocycles. The van der Waals surface area contributed by atoms with Crippen molar-refractivity contribution in [2.24, 2.45) is 0 Å². The first-order valence-corrected chi connectivity index (χ1v) is 3.50. The van der Waals surface area contributed by atoms with E-state index < -0.39 is 0 Å². The highest BCUT2D eigenvalue weighted by atomic mass is 19.1. The molecule has 1 nitrogen and oxygen atoms in total. The Hall–Kier alpha value is -1.31. The van der Waals surface area contributed by atoms with E-state index in [0.29, 0.717) is 0 Å². The van der Waals surface area contributed by atoms with E-state index in [1.165, 1.54) is 12.1 Å². The van der Waals surface area contributed by atoms with Gasteiger partial charge in [-0.05, 0) is 31.2 Å². The van der Waals surface area contributed by atoms with Crippen LogP contribution >= 0.6 is 0 Å². The predicted molar refractivity (Wildman–Crippen MR) is 42.1 cm³/mol. The molecule has 0 bridgehead atoms. The maximum Gasteiger partial charge on any atom is 0.126 e. The second kappa shape index (κ2) is 2.09. The van der Waals surface area contributed by atoms with Gasteiger partial charge in [-0.1, -0.05) is 0 Å². The van der Waals surface area contributed by atoms with Crippen molar-refractivity contribution in [3.8, 4) is 0 Å². The summed E-state index contributed by atoms with van der Waals surface area (Å²) >= 11 is 0. The quantitative estimate of drug-likeness (QED) is 0.541. The van der Waals surface area contributed by atoms with E-state index in [0.717, 1.165) is 11.2 Å². The SMILES string of the molecule is Cc1ccc2cc(F)ccn12. The summed E-state index contributed by atoms with van der Waals surface area (Å²) in [5.41, 5.74) is 2.03. The van der Waals surface area contributed by atoms with Crippen LogP contribution in [0.2, 0.25) is 0 Å². The molecular weight excluding hydrogens is 141 g/mol. The third kappa shape index (κ3) is 0.909. The van der Waals surface area contributed by atoms with Crippen LogP contribution in [0.15, 0.2) is 30.5 Å². The van der Waals surface area contributed by atoms with Gasteiger partial charge in [-0.25, -0.2) is 4.39 Å². The van der Waals surface area contributed by atoms with Gasteiger partial charge in [-0.3, -0.25) is 0 Å². The normalized spacial score (nSPS) is 10.7. The minimum absolute atomic E-state index is 0.185. The standard InChI is InChI=1S/C9H8FN/c1-7-2-3-9-6-8(10)4-5-11(7)9/h2-6H,1H3. The van der Waals surface area contributed by atoms with Gasteiger partial charge in [0.25, 0.3) is 0 Å². The van der Waals surface area contributed by atoms with Crippen molar-refractivity contribution >= 4 is 5.52 Å². The smallest absolute Gasteiger partial charge is 0.126 e. The summed E-state index contributed by atoms with van der Waals surface area (Å²) in [4.78, 5) is 0. The Labute approximate surface area is 64.1 Å². The molecule has 0 atom stereocenters. The van der Waals surface area contributed by atoms with Crippen molar-refractivity contribution in [1.29, 1.82) is 0 Å². The van der Waals surface area contributed by atoms with Gasteiger partial charge in [0.2, 0.25) is 0 Å². The largest absolute Gasteiger partial charge is 0.321 e. The lowest BCUT2D eigenvalue weighted by Gasteiger charge is -1.95. The zero-order chi connectivity index (χ0) is 7.84. The first-order valence-electron chi connectivity index (χ1n) is 3.50. The predicted octanol–water partition coefficient (Wildman–Crippen LogP) is 2.39. The lowest BCUT2D eigenvalue weighted by atomic mass is 10.4. The fraction of sp³-hybridized carbons (Fsp3) is 0.111. The van der Waals surface area contributed by atoms with Gasteiger partial charge in [0.1, 0.15) is 5.82 Å². The monoisotopic (exact) mass is 149 g/mol. The van der Waals surface area contributed by atoms with E-state index in [1.54, 1.807) is 6.20 Å². The van der Waals surface area contributed by atoms with E-state index in [4.69, 9.17) is 0 Å². The highest BCUT2D eigenvalue weighted by molar-refractivity contribution is 5.49. The average molecular weight is 149 g/mol. The molecule has 0 saturated carbocycles. The number of aryl methyl sites for hydroxylation is 1. The van der Waals surface area contributed by atoms with Crippen molar-refractivity contribution in [2.75, 3.05) is 0 Å². The minimum Gasteiger partial charge on any atom is -0.321 e. The van der Waals surface area contributed by atoms with Gasteiger partial charge >= 0.3 is 0 Å². The highest BCUT2D eigenvalue weighted by Gasteiger charge is 1.96. The molecule has 0 unspecified atom stereocenters. The Morgan fingerprint density at radius 3 is 2.91 bits per heavy atom. The van der Waals surface area contributed by atoms with Crippen LogP contribution in [0, 0.1) is 12.7 Å². The number of rotatable bonds is 0. The fourth-order valence-corrected chi connectivity index (χ4v) is 1.23. The molecule has 2 heteroatoms. The summed E-state index contributed by atoms with van der Waals surface area (Å²) in [6.45, 7) is 1.99. The summed E-state index contributed by atoms with van der Waals surface area (Å²) in [7, 11) is 0. The molecule has 0 saturated heterocycles. The van der Waals surface area contributed by atoms with Gasteiger partial charge < -0.3 is 4.40 Å². The Morgan fingerprint density at radius 1 is 1.27 bits per heavy atom. The Bertz CT molecular complexity index is 389. The van der Waals surface area contributed by atoms with Crippen molar-refractivity contribution in [2.45, 2.75) is 6.92 Å². The number of pyridine rings is 1. The van der Waals surface area contributed by atoms with Gasteiger partial charge in [0.15, 0.2) is 0 Å². The van der Waals surface area contributed by atoms with E-state index in [-0.39, 0.29) is 5.82 Å². The summed E-state index contributed by atoms with van der Waals surface area (Å²) in [5, 5.41) is 0. The number of halogens is 1. The zero-order valence-corrected chi connectivity index (χ0v) is 6.21. The van der Waals surface area contributed by atoms with Gasteiger partial charge in [0.05, 0.1) is 0 Å². The van der Waals surface area contributed by atoms with E-state index >= 15 is 0 Å². The summed E-state index contributed by atoms with van der Waals surface area (Å²) in [6.07, 6.45) is 1.74. The molecule has 0 radical (unpaired) electrons. The Kier molecular flexibility index (Phi) is 1.22. The summed E-state index contributed by atoms with van der Waals surface area (Å²) < 4.78 is 14.6. The van der Waals surface area contributed by atoms with Gasteiger partial charge in [-0.2, -0.15) is 0 Å². The van der Waals surface area contributed by atoms with Crippen LogP contribution in [0.5, 0.6) is 0 Å². The van der Waals surface area contributed by atoms with Crippen LogP contribution in [0.25, 0.3) is 5.52 Å². The fourth-order valence-electron chi connectivity index (χ4n) is 1.23. The first kappa shape index (κ1) is 6.40. The lowest BCUT2D eigenvalue weighted by Crippen LogP contribution is -1.85. The van der Waals surface area contributed by atoms with Crippen molar-refractivity contribution in [3.63, 3.8) is 0 Å². The molecule has 2 rings (SSSR count). The maximum atomic E-state index is 12.6. The van der Waals surface area contributed by atoms with E-state index in [2.05, 4.69) is 0 Å².